The average Bonchev–Trinajstić information content (AvgIpc) is 2.79. The number of hydrogen-bond donors (Lipinski definition) is 1. The summed E-state index contributed by atoms with van der Waals surface area (Å²) in [6, 6.07) is 0.317. The standard InChI is InChI=1S/C10H20N2O2S/c11-5-1-2-6-15(13,14)12-8-9-3-4-10(12)7-9/h9-10H,1-8,11H2. The van der Waals surface area contributed by atoms with Crippen LogP contribution in [0.3, 0.4) is 0 Å². The van der Waals surface area contributed by atoms with Gasteiger partial charge in [0.1, 0.15) is 0 Å². The third kappa shape index (κ3) is 2.34. The van der Waals surface area contributed by atoms with E-state index in [9.17, 15) is 8.42 Å². The van der Waals surface area contributed by atoms with E-state index in [1.807, 2.05) is 0 Å². The van der Waals surface area contributed by atoms with E-state index in [0.717, 1.165) is 25.8 Å². The van der Waals surface area contributed by atoms with Gasteiger partial charge in [0.2, 0.25) is 10.0 Å². The molecule has 4 nitrogen and oxygen atoms in total. The highest BCUT2D eigenvalue weighted by atomic mass is 32.2. The first kappa shape index (κ1) is 11.4. The molecule has 2 N–H and O–H groups in total. The molecule has 0 amide bonds. The molecule has 2 atom stereocenters. The van der Waals surface area contributed by atoms with E-state index in [0.29, 0.717) is 24.9 Å². The van der Waals surface area contributed by atoms with Gasteiger partial charge < -0.3 is 5.73 Å². The molecule has 0 radical (unpaired) electrons. The van der Waals surface area contributed by atoms with Crippen LogP contribution in [-0.4, -0.2) is 37.6 Å². The zero-order chi connectivity index (χ0) is 10.9. The summed E-state index contributed by atoms with van der Waals surface area (Å²) in [5.41, 5.74) is 5.36. The lowest BCUT2D eigenvalue weighted by Gasteiger charge is -2.26. The first-order valence-electron chi connectivity index (χ1n) is 5.83. The van der Waals surface area contributed by atoms with E-state index >= 15 is 0 Å². The fourth-order valence-electron chi connectivity index (χ4n) is 2.77. The predicted octanol–water partition coefficient (Wildman–Crippen LogP) is 0.539. The number of rotatable bonds is 5. The summed E-state index contributed by atoms with van der Waals surface area (Å²) in [6.45, 7) is 1.36. The summed E-state index contributed by atoms with van der Waals surface area (Å²) in [4.78, 5) is 0. The van der Waals surface area contributed by atoms with Gasteiger partial charge in [-0.3, -0.25) is 0 Å². The lowest BCUT2D eigenvalue weighted by molar-refractivity contribution is 0.333. The number of piperidine rings is 1. The first-order valence-corrected chi connectivity index (χ1v) is 7.44. The minimum atomic E-state index is -2.99. The Hall–Kier alpha value is -0.130. The van der Waals surface area contributed by atoms with Crippen LogP contribution in [0.15, 0.2) is 0 Å². The minimum Gasteiger partial charge on any atom is -0.330 e. The summed E-state index contributed by atoms with van der Waals surface area (Å²) >= 11 is 0. The summed E-state index contributed by atoms with van der Waals surface area (Å²) in [5.74, 6) is 0.923. The van der Waals surface area contributed by atoms with Crippen molar-refractivity contribution in [3.63, 3.8) is 0 Å². The number of sulfonamides is 1. The van der Waals surface area contributed by atoms with Crippen LogP contribution < -0.4 is 5.73 Å². The van der Waals surface area contributed by atoms with Gasteiger partial charge in [-0.1, -0.05) is 0 Å². The summed E-state index contributed by atoms with van der Waals surface area (Å²) < 4.78 is 25.7. The van der Waals surface area contributed by atoms with Crippen molar-refractivity contribution in [2.24, 2.45) is 11.7 Å². The molecule has 2 bridgehead atoms. The average molecular weight is 232 g/mol. The van der Waals surface area contributed by atoms with Gasteiger partial charge in [-0.15, -0.1) is 0 Å². The van der Waals surface area contributed by atoms with Crippen LogP contribution in [0, 0.1) is 5.92 Å². The Bertz CT molecular complexity index is 315. The van der Waals surface area contributed by atoms with E-state index in [2.05, 4.69) is 0 Å². The van der Waals surface area contributed by atoms with Crippen molar-refractivity contribution in [2.75, 3.05) is 18.8 Å². The molecule has 2 fully saturated rings. The largest absolute Gasteiger partial charge is 0.330 e. The Morgan fingerprint density at radius 2 is 2.07 bits per heavy atom. The third-order valence-electron chi connectivity index (χ3n) is 3.57. The molecule has 0 spiro atoms. The smallest absolute Gasteiger partial charge is 0.214 e. The molecule has 1 saturated heterocycles. The molecule has 2 unspecified atom stereocenters. The maximum atomic E-state index is 12.0. The Morgan fingerprint density at radius 3 is 2.60 bits per heavy atom. The molecule has 1 heterocycles. The van der Waals surface area contributed by atoms with E-state index in [1.165, 1.54) is 6.42 Å². The third-order valence-corrected chi connectivity index (χ3v) is 5.54. The van der Waals surface area contributed by atoms with Crippen molar-refractivity contribution in [3.8, 4) is 0 Å². The second-order valence-corrected chi connectivity index (χ2v) is 6.76. The number of fused-ring (bicyclic) bond motifs is 2. The van der Waals surface area contributed by atoms with Crippen LogP contribution >= 0.6 is 0 Å². The number of nitrogens with zero attached hydrogens (tertiary/aromatic N) is 1. The molecule has 2 rings (SSSR count). The summed E-state index contributed by atoms with van der Waals surface area (Å²) in [5, 5.41) is 0. The highest BCUT2D eigenvalue weighted by Crippen LogP contribution is 2.39. The highest BCUT2D eigenvalue weighted by molar-refractivity contribution is 7.89. The van der Waals surface area contributed by atoms with Gasteiger partial charge in [-0.2, -0.15) is 4.31 Å². The van der Waals surface area contributed by atoms with Crippen molar-refractivity contribution < 1.29 is 8.42 Å². The van der Waals surface area contributed by atoms with Crippen molar-refractivity contribution in [3.05, 3.63) is 0 Å². The SMILES string of the molecule is NCCCCS(=O)(=O)N1CC2CCC1C2. The molecule has 1 aliphatic heterocycles. The van der Waals surface area contributed by atoms with E-state index in [4.69, 9.17) is 5.73 Å². The van der Waals surface area contributed by atoms with Crippen molar-refractivity contribution >= 4 is 10.0 Å². The van der Waals surface area contributed by atoms with E-state index in [1.54, 1.807) is 4.31 Å². The second-order valence-electron chi connectivity index (χ2n) is 4.71. The maximum Gasteiger partial charge on any atom is 0.214 e. The summed E-state index contributed by atoms with van der Waals surface area (Å²) in [7, 11) is -2.99. The Morgan fingerprint density at radius 1 is 1.27 bits per heavy atom. The number of unbranched alkanes of at least 4 members (excludes halogenated alkanes) is 1. The van der Waals surface area contributed by atoms with Gasteiger partial charge >= 0.3 is 0 Å². The van der Waals surface area contributed by atoms with Gasteiger partial charge in [-0.05, 0) is 44.6 Å². The van der Waals surface area contributed by atoms with Crippen LogP contribution in [0.5, 0.6) is 0 Å². The zero-order valence-electron chi connectivity index (χ0n) is 9.06. The Labute approximate surface area is 91.9 Å². The predicted molar refractivity (Wildman–Crippen MR) is 59.9 cm³/mol. The molecular formula is C10H20N2O2S. The normalized spacial score (nSPS) is 31.3. The number of nitrogens with two attached hydrogens (primary N) is 1. The van der Waals surface area contributed by atoms with Crippen LogP contribution in [0.1, 0.15) is 32.1 Å². The van der Waals surface area contributed by atoms with Gasteiger partial charge in [0.15, 0.2) is 0 Å². The molecule has 0 aromatic carbocycles. The lowest BCUT2D eigenvalue weighted by atomic mass is 10.1. The molecule has 88 valence electrons. The molecule has 5 heteroatoms. The van der Waals surface area contributed by atoms with Gasteiger partial charge in [0.25, 0.3) is 0 Å². The molecule has 0 aromatic heterocycles. The number of hydrogen-bond acceptors (Lipinski definition) is 3. The van der Waals surface area contributed by atoms with E-state index < -0.39 is 10.0 Å². The Kier molecular flexibility index (Phi) is 3.33. The zero-order valence-corrected chi connectivity index (χ0v) is 9.88. The van der Waals surface area contributed by atoms with Crippen molar-refractivity contribution in [1.82, 2.24) is 4.31 Å². The molecule has 0 aromatic rings. The summed E-state index contributed by atoms with van der Waals surface area (Å²) in [6.07, 6.45) is 4.89. The highest BCUT2D eigenvalue weighted by Gasteiger charge is 2.43. The first-order chi connectivity index (χ1) is 7.13. The molecule has 1 aliphatic carbocycles. The fraction of sp³-hybridized carbons (Fsp3) is 1.00. The fourth-order valence-corrected chi connectivity index (χ4v) is 4.65. The van der Waals surface area contributed by atoms with Crippen molar-refractivity contribution in [2.45, 2.75) is 38.1 Å². The minimum absolute atomic E-state index is 0.285. The molecule has 2 aliphatic rings. The Balaban J connectivity index is 1.92. The van der Waals surface area contributed by atoms with Gasteiger partial charge in [-0.25, -0.2) is 8.42 Å². The van der Waals surface area contributed by atoms with Gasteiger partial charge in [0.05, 0.1) is 5.75 Å². The van der Waals surface area contributed by atoms with E-state index in [-0.39, 0.29) is 5.75 Å². The quantitative estimate of drug-likeness (QED) is 0.704. The monoisotopic (exact) mass is 232 g/mol. The van der Waals surface area contributed by atoms with Crippen LogP contribution in [0.2, 0.25) is 0 Å². The molecular weight excluding hydrogens is 212 g/mol. The van der Waals surface area contributed by atoms with Crippen LogP contribution in [-0.2, 0) is 10.0 Å². The molecule has 1 saturated carbocycles. The van der Waals surface area contributed by atoms with Gasteiger partial charge in [0, 0.05) is 12.6 Å². The van der Waals surface area contributed by atoms with Crippen molar-refractivity contribution in [1.29, 1.82) is 0 Å². The maximum absolute atomic E-state index is 12.0. The lowest BCUT2D eigenvalue weighted by Crippen LogP contribution is -2.39. The van der Waals surface area contributed by atoms with Crippen LogP contribution in [0.25, 0.3) is 0 Å². The van der Waals surface area contributed by atoms with Crippen LogP contribution in [0.4, 0.5) is 0 Å². The second kappa shape index (κ2) is 4.39. The topological polar surface area (TPSA) is 63.4 Å². The molecule has 15 heavy (non-hydrogen) atoms.